The molecule has 0 saturated carbocycles. The lowest BCUT2D eigenvalue weighted by Gasteiger charge is -1.99. The van der Waals surface area contributed by atoms with Crippen molar-refractivity contribution < 1.29 is 0 Å². The largest absolute Gasteiger partial charge is 0.373 e. The summed E-state index contributed by atoms with van der Waals surface area (Å²) in [6.45, 7) is 0. The first-order valence-corrected chi connectivity index (χ1v) is 4.74. The molecule has 13 heavy (non-hydrogen) atoms. The van der Waals surface area contributed by atoms with Crippen LogP contribution in [0.4, 0.5) is 5.82 Å². The zero-order valence-corrected chi connectivity index (χ0v) is 7.88. The van der Waals surface area contributed by atoms with E-state index in [2.05, 4.69) is 20.3 Å². The molecular formula is C8H8N4S. The van der Waals surface area contributed by atoms with Gasteiger partial charge in [-0.2, -0.15) is 0 Å². The van der Waals surface area contributed by atoms with Gasteiger partial charge >= 0.3 is 0 Å². The fourth-order valence-corrected chi connectivity index (χ4v) is 1.47. The Morgan fingerprint density at radius 1 is 1.38 bits per heavy atom. The predicted molar refractivity (Wildman–Crippen MR) is 52.7 cm³/mol. The maximum atomic E-state index is 4.26. The van der Waals surface area contributed by atoms with E-state index < -0.39 is 0 Å². The smallest absolute Gasteiger partial charge is 0.181 e. The first kappa shape index (κ1) is 8.12. The Kier molecular flexibility index (Phi) is 2.18. The zero-order chi connectivity index (χ0) is 9.10. The van der Waals surface area contributed by atoms with Gasteiger partial charge in [0, 0.05) is 18.6 Å². The molecule has 4 nitrogen and oxygen atoms in total. The summed E-state index contributed by atoms with van der Waals surface area (Å²) in [5.74, 6) is 1.46. The van der Waals surface area contributed by atoms with Gasteiger partial charge in [-0.15, -0.1) is 11.3 Å². The average molecular weight is 192 g/mol. The average Bonchev–Trinajstić information content (AvgIpc) is 2.71. The first-order chi connectivity index (χ1) is 6.40. The van der Waals surface area contributed by atoms with E-state index >= 15 is 0 Å². The van der Waals surface area contributed by atoms with Gasteiger partial charge in [-0.25, -0.2) is 15.0 Å². The molecule has 0 bridgehead atoms. The lowest BCUT2D eigenvalue weighted by molar-refractivity contribution is 1.15. The van der Waals surface area contributed by atoms with E-state index in [0.29, 0.717) is 5.82 Å². The van der Waals surface area contributed by atoms with E-state index in [1.165, 1.54) is 11.3 Å². The van der Waals surface area contributed by atoms with Crippen molar-refractivity contribution in [1.82, 2.24) is 15.0 Å². The molecule has 0 unspecified atom stereocenters. The molecule has 2 heterocycles. The lowest BCUT2D eigenvalue weighted by Crippen LogP contribution is -1.95. The van der Waals surface area contributed by atoms with E-state index in [4.69, 9.17) is 0 Å². The molecule has 0 atom stereocenters. The maximum Gasteiger partial charge on any atom is 0.181 e. The Labute approximate surface area is 79.7 Å². The van der Waals surface area contributed by atoms with Crippen molar-refractivity contribution in [2.45, 2.75) is 0 Å². The summed E-state index contributed by atoms with van der Waals surface area (Å²) in [5.41, 5.74) is 2.59. The number of rotatable bonds is 2. The van der Waals surface area contributed by atoms with Crippen molar-refractivity contribution in [3.05, 3.63) is 23.2 Å². The highest BCUT2D eigenvalue weighted by atomic mass is 32.1. The van der Waals surface area contributed by atoms with Gasteiger partial charge in [-0.1, -0.05) is 0 Å². The van der Waals surface area contributed by atoms with E-state index in [1.54, 1.807) is 11.7 Å². The summed E-state index contributed by atoms with van der Waals surface area (Å²) < 4.78 is 0. The number of nitrogens with one attached hydrogen (secondary N) is 1. The third kappa shape index (κ3) is 1.65. The van der Waals surface area contributed by atoms with Crippen molar-refractivity contribution in [3.63, 3.8) is 0 Å². The Balaban J connectivity index is 2.41. The molecule has 0 fully saturated rings. The maximum absolute atomic E-state index is 4.26. The highest BCUT2D eigenvalue weighted by molar-refractivity contribution is 7.07. The Hall–Kier alpha value is -1.49. The SMILES string of the molecule is CNc1ccnc(-c2cscn2)n1. The molecule has 0 amide bonds. The molecule has 0 spiro atoms. The topological polar surface area (TPSA) is 50.7 Å². The fourth-order valence-electron chi connectivity index (χ4n) is 0.944. The minimum Gasteiger partial charge on any atom is -0.373 e. The molecule has 1 N–H and O–H groups in total. The monoisotopic (exact) mass is 192 g/mol. The molecule has 2 aromatic heterocycles. The molecule has 0 aromatic carbocycles. The molecule has 66 valence electrons. The summed E-state index contributed by atoms with van der Waals surface area (Å²) in [6, 6.07) is 1.82. The van der Waals surface area contributed by atoms with Crippen LogP contribution in [0.25, 0.3) is 11.5 Å². The predicted octanol–water partition coefficient (Wildman–Crippen LogP) is 1.64. The zero-order valence-electron chi connectivity index (χ0n) is 7.06. The van der Waals surface area contributed by atoms with Gasteiger partial charge < -0.3 is 5.32 Å². The van der Waals surface area contributed by atoms with Crippen molar-refractivity contribution >= 4 is 17.2 Å². The van der Waals surface area contributed by atoms with E-state index in [1.807, 2.05) is 18.5 Å². The summed E-state index contributed by atoms with van der Waals surface area (Å²) in [5, 5.41) is 4.88. The second-order valence-corrected chi connectivity index (χ2v) is 3.11. The molecular weight excluding hydrogens is 184 g/mol. The van der Waals surface area contributed by atoms with Crippen molar-refractivity contribution in [1.29, 1.82) is 0 Å². The van der Waals surface area contributed by atoms with Gasteiger partial charge in [0.15, 0.2) is 5.82 Å². The van der Waals surface area contributed by atoms with Crippen molar-refractivity contribution in [2.24, 2.45) is 0 Å². The molecule has 0 aliphatic rings. The second-order valence-electron chi connectivity index (χ2n) is 2.39. The lowest BCUT2D eigenvalue weighted by atomic mass is 10.4. The quantitative estimate of drug-likeness (QED) is 0.786. The number of hydrogen-bond donors (Lipinski definition) is 1. The molecule has 0 saturated heterocycles. The van der Waals surface area contributed by atoms with Crippen LogP contribution in [0.1, 0.15) is 0 Å². The van der Waals surface area contributed by atoms with Gasteiger partial charge in [0.2, 0.25) is 0 Å². The number of anilines is 1. The van der Waals surface area contributed by atoms with Crippen LogP contribution in [0.5, 0.6) is 0 Å². The third-order valence-corrected chi connectivity index (χ3v) is 2.16. The van der Waals surface area contributed by atoms with Gasteiger partial charge in [-0.3, -0.25) is 0 Å². The van der Waals surface area contributed by atoms with Gasteiger partial charge in [0.1, 0.15) is 11.5 Å². The molecule has 2 rings (SSSR count). The minimum absolute atomic E-state index is 0.660. The third-order valence-electron chi connectivity index (χ3n) is 1.57. The van der Waals surface area contributed by atoms with Crippen LogP contribution in [-0.4, -0.2) is 22.0 Å². The molecule has 5 heteroatoms. The standard InChI is InChI=1S/C8H8N4S/c1-9-7-2-3-10-8(12-7)6-4-13-5-11-6/h2-5H,1H3,(H,9,10,12). The number of hydrogen-bond acceptors (Lipinski definition) is 5. The highest BCUT2D eigenvalue weighted by Crippen LogP contribution is 2.15. The second kappa shape index (κ2) is 3.49. The van der Waals surface area contributed by atoms with Crippen molar-refractivity contribution in [2.75, 3.05) is 12.4 Å². The van der Waals surface area contributed by atoms with Crippen LogP contribution in [0.2, 0.25) is 0 Å². The summed E-state index contributed by atoms with van der Waals surface area (Å²) in [7, 11) is 1.83. The minimum atomic E-state index is 0.660. The van der Waals surface area contributed by atoms with Crippen LogP contribution in [0.3, 0.4) is 0 Å². The normalized spacial score (nSPS) is 9.92. The molecule has 0 aliphatic carbocycles. The first-order valence-electron chi connectivity index (χ1n) is 3.79. The van der Waals surface area contributed by atoms with E-state index in [0.717, 1.165) is 11.5 Å². The number of nitrogens with zero attached hydrogens (tertiary/aromatic N) is 3. The van der Waals surface area contributed by atoms with Gasteiger partial charge in [0.05, 0.1) is 5.51 Å². The van der Waals surface area contributed by atoms with Crippen LogP contribution >= 0.6 is 11.3 Å². The van der Waals surface area contributed by atoms with Crippen LogP contribution < -0.4 is 5.32 Å². The van der Waals surface area contributed by atoms with Crippen LogP contribution in [0.15, 0.2) is 23.2 Å². The van der Waals surface area contributed by atoms with Crippen LogP contribution in [0, 0.1) is 0 Å². The Bertz CT molecular complexity index is 385. The highest BCUT2D eigenvalue weighted by Gasteiger charge is 2.02. The molecule has 0 radical (unpaired) electrons. The summed E-state index contributed by atoms with van der Waals surface area (Å²) in [4.78, 5) is 12.5. The number of thiazole rings is 1. The van der Waals surface area contributed by atoms with E-state index in [9.17, 15) is 0 Å². The Morgan fingerprint density at radius 2 is 2.31 bits per heavy atom. The molecule has 2 aromatic rings. The van der Waals surface area contributed by atoms with E-state index in [-0.39, 0.29) is 0 Å². The van der Waals surface area contributed by atoms with Gasteiger partial charge in [-0.05, 0) is 6.07 Å². The summed E-state index contributed by atoms with van der Waals surface area (Å²) in [6.07, 6.45) is 1.72. The fraction of sp³-hybridized carbons (Fsp3) is 0.125. The molecule has 0 aliphatic heterocycles. The summed E-state index contributed by atoms with van der Waals surface area (Å²) >= 11 is 1.54. The van der Waals surface area contributed by atoms with Crippen LogP contribution in [-0.2, 0) is 0 Å². The van der Waals surface area contributed by atoms with Gasteiger partial charge in [0.25, 0.3) is 0 Å². The van der Waals surface area contributed by atoms with Crippen molar-refractivity contribution in [3.8, 4) is 11.5 Å². The number of aromatic nitrogens is 3. The Morgan fingerprint density at radius 3 is 3.00 bits per heavy atom.